The molecule has 1 amide bonds. The Morgan fingerprint density at radius 3 is 2.60 bits per heavy atom. The van der Waals surface area contributed by atoms with Gasteiger partial charge < -0.3 is 19.9 Å². The van der Waals surface area contributed by atoms with Crippen molar-refractivity contribution in [2.75, 3.05) is 45.7 Å². The van der Waals surface area contributed by atoms with E-state index < -0.39 is 18.3 Å². The molecule has 2 aliphatic rings. The van der Waals surface area contributed by atoms with E-state index in [1.54, 1.807) is 29.2 Å². The van der Waals surface area contributed by atoms with Crippen LogP contribution in [0.25, 0.3) is 0 Å². The van der Waals surface area contributed by atoms with Crippen LogP contribution in [0.1, 0.15) is 34.6 Å². The number of likely N-dealkylation sites (N-methyl/N-ethyl adjacent to an activating group) is 1. The zero-order valence-electron chi connectivity index (χ0n) is 16.8. The van der Waals surface area contributed by atoms with Crippen molar-refractivity contribution in [1.82, 2.24) is 19.6 Å². The number of nitrogens with one attached hydrogen (secondary N) is 1. The Morgan fingerprint density at radius 2 is 1.93 bits per heavy atom. The van der Waals surface area contributed by atoms with Crippen LogP contribution in [0.2, 0.25) is 0 Å². The topological polar surface area (TPSA) is 62.6 Å². The second-order valence-electron chi connectivity index (χ2n) is 7.72. The molecular formula is C20H24F3N5O2. The smallest absolute Gasteiger partial charge is 0.410 e. The number of hydrogen-bond acceptors (Lipinski definition) is 5. The summed E-state index contributed by atoms with van der Waals surface area (Å²) < 4.78 is 47.6. The molecule has 30 heavy (non-hydrogen) atoms. The average Bonchev–Trinajstić information content (AvgIpc) is 3.16. The van der Waals surface area contributed by atoms with Crippen LogP contribution < -0.4 is 10.1 Å². The van der Waals surface area contributed by atoms with E-state index in [0.717, 1.165) is 17.8 Å². The molecule has 1 fully saturated rings. The van der Waals surface area contributed by atoms with E-state index in [0.29, 0.717) is 24.4 Å². The van der Waals surface area contributed by atoms with E-state index in [4.69, 9.17) is 4.74 Å². The van der Waals surface area contributed by atoms with Gasteiger partial charge in [0, 0.05) is 38.7 Å². The average molecular weight is 423 g/mol. The van der Waals surface area contributed by atoms with Crippen molar-refractivity contribution in [3.63, 3.8) is 0 Å². The lowest BCUT2D eigenvalue weighted by Crippen LogP contribution is -2.47. The minimum absolute atomic E-state index is 0.0302. The molecule has 2 unspecified atom stereocenters. The standard InChI is InChI=1S/C20H24F3N5O2/c1-26-6-8-27(9-7-26)19(29)16-12-18-24-15(13-4-3-5-14(10-13)30-2)11-17(20(21,22)23)28(18)25-16/h3-5,10,12,15,17,24H,6-9,11H2,1-2H3. The first-order chi connectivity index (χ1) is 14.3. The number of anilines is 1. The van der Waals surface area contributed by atoms with Crippen LogP contribution in [0.5, 0.6) is 5.75 Å². The molecule has 0 saturated carbocycles. The number of carbonyl (C=O) groups is 1. The number of rotatable bonds is 3. The highest BCUT2D eigenvalue weighted by atomic mass is 19.4. The van der Waals surface area contributed by atoms with Crippen LogP contribution in [-0.4, -0.2) is 72.0 Å². The number of aromatic nitrogens is 2. The third-order valence-electron chi connectivity index (χ3n) is 5.70. The first-order valence-electron chi connectivity index (χ1n) is 9.81. The van der Waals surface area contributed by atoms with Gasteiger partial charge in [-0.25, -0.2) is 4.68 Å². The lowest BCUT2D eigenvalue weighted by molar-refractivity contribution is -0.173. The van der Waals surface area contributed by atoms with Crippen LogP contribution in [-0.2, 0) is 0 Å². The zero-order valence-corrected chi connectivity index (χ0v) is 16.8. The van der Waals surface area contributed by atoms with Crippen LogP contribution in [0.4, 0.5) is 19.0 Å². The lowest BCUT2D eigenvalue weighted by atomic mass is 9.97. The second kappa shape index (κ2) is 7.82. The van der Waals surface area contributed by atoms with Crippen molar-refractivity contribution in [3.8, 4) is 5.75 Å². The van der Waals surface area contributed by atoms with E-state index >= 15 is 0 Å². The zero-order chi connectivity index (χ0) is 21.5. The second-order valence-corrected chi connectivity index (χ2v) is 7.72. The summed E-state index contributed by atoms with van der Waals surface area (Å²) in [5.41, 5.74) is 0.714. The minimum Gasteiger partial charge on any atom is -0.497 e. The highest BCUT2D eigenvalue weighted by Gasteiger charge is 2.47. The highest BCUT2D eigenvalue weighted by Crippen LogP contribution is 2.44. The molecule has 2 aliphatic heterocycles. The summed E-state index contributed by atoms with van der Waals surface area (Å²) >= 11 is 0. The molecule has 3 heterocycles. The Hall–Kier alpha value is -2.75. The normalized spacial score (nSPS) is 22.4. The predicted molar refractivity (Wildman–Crippen MR) is 105 cm³/mol. The summed E-state index contributed by atoms with van der Waals surface area (Å²) in [6.45, 7) is 2.50. The molecule has 1 aromatic heterocycles. The van der Waals surface area contributed by atoms with Gasteiger partial charge in [-0.1, -0.05) is 12.1 Å². The van der Waals surface area contributed by atoms with Crippen LogP contribution in [0.3, 0.4) is 0 Å². The quantitative estimate of drug-likeness (QED) is 0.823. The van der Waals surface area contributed by atoms with E-state index in [9.17, 15) is 18.0 Å². The number of benzene rings is 1. The Labute approximate surface area is 172 Å². The monoisotopic (exact) mass is 423 g/mol. The number of halogens is 3. The van der Waals surface area contributed by atoms with Crippen LogP contribution >= 0.6 is 0 Å². The van der Waals surface area contributed by atoms with Crippen molar-refractivity contribution < 1.29 is 22.7 Å². The van der Waals surface area contributed by atoms with Crippen molar-refractivity contribution in [3.05, 3.63) is 41.6 Å². The van der Waals surface area contributed by atoms with Gasteiger partial charge in [0.25, 0.3) is 5.91 Å². The van der Waals surface area contributed by atoms with Gasteiger partial charge in [0.2, 0.25) is 0 Å². The molecule has 7 nitrogen and oxygen atoms in total. The van der Waals surface area contributed by atoms with Crippen LogP contribution in [0.15, 0.2) is 30.3 Å². The number of ether oxygens (including phenoxy) is 1. The summed E-state index contributed by atoms with van der Waals surface area (Å²) in [4.78, 5) is 16.6. The van der Waals surface area contributed by atoms with E-state index in [1.807, 2.05) is 7.05 Å². The molecule has 1 aromatic carbocycles. The summed E-state index contributed by atoms with van der Waals surface area (Å²) in [7, 11) is 3.48. The van der Waals surface area contributed by atoms with Gasteiger partial charge in [0.15, 0.2) is 11.7 Å². The third kappa shape index (κ3) is 3.96. The fraction of sp³-hybridized carbons (Fsp3) is 0.500. The lowest BCUT2D eigenvalue weighted by Gasteiger charge is -2.33. The first-order valence-corrected chi connectivity index (χ1v) is 9.81. The first kappa shape index (κ1) is 20.5. The van der Waals surface area contributed by atoms with Gasteiger partial charge in [-0.3, -0.25) is 4.79 Å². The Bertz CT molecular complexity index is 921. The van der Waals surface area contributed by atoms with Gasteiger partial charge in [-0.2, -0.15) is 18.3 Å². The number of nitrogens with zero attached hydrogens (tertiary/aromatic N) is 4. The maximum absolute atomic E-state index is 13.8. The fourth-order valence-corrected chi connectivity index (χ4v) is 3.93. The summed E-state index contributed by atoms with van der Waals surface area (Å²) in [6.07, 6.45) is -4.72. The van der Waals surface area contributed by atoms with Gasteiger partial charge >= 0.3 is 6.18 Å². The molecule has 4 rings (SSSR count). The molecule has 2 aromatic rings. The van der Waals surface area contributed by atoms with Gasteiger partial charge in [-0.15, -0.1) is 0 Å². The van der Waals surface area contributed by atoms with E-state index in [2.05, 4.69) is 15.3 Å². The summed E-state index contributed by atoms with van der Waals surface area (Å²) in [5.74, 6) is 0.419. The Morgan fingerprint density at radius 1 is 1.20 bits per heavy atom. The number of alkyl halides is 3. The number of methoxy groups -OCH3 is 1. The molecule has 0 bridgehead atoms. The van der Waals surface area contributed by atoms with E-state index in [-0.39, 0.29) is 23.8 Å². The van der Waals surface area contributed by atoms with E-state index in [1.165, 1.54) is 13.2 Å². The molecular weight excluding hydrogens is 399 g/mol. The number of fused-ring (bicyclic) bond motifs is 1. The number of carbonyl (C=O) groups excluding carboxylic acids is 1. The molecule has 0 aliphatic carbocycles. The maximum atomic E-state index is 13.8. The van der Waals surface area contributed by atoms with Gasteiger partial charge in [-0.05, 0) is 24.7 Å². The van der Waals surface area contributed by atoms with Crippen molar-refractivity contribution in [2.24, 2.45) is 0 Å². The van der Waals surface area contributed by atoms with Gasteiger partial charge in [0.05, 0.1) is 13.2 Å². The largest absolute Gasteiger partial charge is 0.497 e. The number of piperazine rings is 1. The molecule has 1 saturated heterocycles. The Balaban J connectivity index is 1.64. The summed E-state index contributed by atoms with van der Waals surface area (Å²) in [5, 5.41) is 7.18. The molecule has 0 radical (unpaired) electrons. The molecule has 162 valence electrons. The van der Waals surface area contributed by atoms with Crippen molar-refractivity contribution in [2.45, 2.75) is 24.7 Å². The molecule has 2 atom stereocenters. The summed E-state index contributed by atoms with van der Waals surface area (Å²) in [6, 6.07) is 5.98. The van der Waals surface area contributed by atoms with Crippen LogP contribution in [0, 0.1) is 0 Å². The fourth-order valence-electron chi connectivity index (χ4n) is 3.93. The SMILES string of the molecule is COc1cccc(C2CC(C(F)(F)F)n3nc(C(=O)N4CCN(C)CC4)cc3N2)c1. The number of hydrogen-bond donors (Lipinski definition) is 1. The Kier molecular flexibility index (Phi) is 5.35. The minimum atomic E-state index is -4.49. The molecule has 1 N–H and O–H groups in total. The van der Waals surface area contributed by atoms with Gasteiger partial charge in [0.1, 0.15) is 11.6 Å². The van der Waals surface area contributed by atoms with Crippen molar-refractivity contribution in [1.29, 1.82) is 0 Å². The maximum Gasteiger partial charge on any atom is 0.410 e. The molecule has 0 spiro atoms. The number of amides is 1. The molecule has 10 heteroatoms. The highest BCUT2D eigenvalue weighted by molar-refractivity contribution is 5.93. The van der Waals surface area contributed by atoms with Crippen molar-refractivity contribution >= 4 is 11.7 Å². The predicted octanol–water partition coefficient (Wildman–Crippen LogP) is 2.94. The third-order valence-corrected chi connectivity index (χ3v) is 5.70.